The maximum Gasteiger partial charge on any atom is 0.259 e. The van der Waals surface area contributed by atoms with Gasteiger partial charge in [-0.25, -0.2) is 4.98 Å². The van der Waals surface area contributed by atoms with E-state index in [9.17, 15) is 4.79 Å². The summed E-state index contributed by atoms with van der Waals surface area (Å²) in [7, 11) is 0. The quantitative estimate of drug-likeness (QED) is 0.923. The average molecular weight is 261 g/mol. The average Bonchev–Trinajstić information content (AvgIpc) is 2.78. The maximum atomic E-state index is 11.9. The molecule has 0 atom stereocenters. The first-order valence-electron chi connectivity index (χ1n) is 5.75. The minimum Gasteiger partial charge on any atom is -0.298 e. The fourth-order valence-electron chi connectivity index (χ4n) is 1.38. The smallest absolute Gasteiger partial charge is 0.259 e. The van der Waals surface area contributed by atoms with Crippen molar-refractivity contribution >= 4 is 22.4 Å². The normalized spacial score (nSPS) is 10.7. The summed E-state index contributed by atoms with van der Waals surface area (Å²) >= 11 is 1.44. The van der Waals surface area contributed by atoms with Gasteiger partial charge in [-0.2, -0.15) is 0 Å². The Balaban J connectivity index is 2.08. The van der Waals surface area contributed by atoms with Crippen molar-refractivity contribution in [2.75, 3.05) is 5.32 Å². The molecule has 2 heterocycles. The molecular formula is C13H15N3OS. The zero-order valence-corrected chi connectivity index (χ0v) is 11.4. The summed E-state index contributed by atoms with van der Waals surface area (Å²) in [6.45, 7) is 6.03. The lowest BCUT2D eigenvalue weighted by molar-refractivity contribution is 0.102. The molecule has 1 amide bonds. The molecule has 2 aromatic heterocycles. The minimum absolute atomic E-state index is 0.174. The molecule has 0 fully saturated rings. The molecule has 0 aliphatic rings. The lowest BCUT2D eigenvalue weighted by atomic mass is 10.2. The highest BCUT2D eigenvalue weighted by Crippen LogP contribution is 2.21. The second-order valence-corrected chi connectivity index (χ2v) is 5.23. The second kappa shape index (κ2) is 5.27. The maximum absolute atomic E-state index is 11.9. The highest BCUT2D eigenvalue weighted by atomic mass is 32.1. The van der Waals surface area contributed by atoms with Gasteiger partial charge in [-0.1, -0.05) is 13.8 Å². The number of aromatic nitrogens is 2. The Kier molecular flexibility index (Phi) is 3.72. The van der Waals surface area contributed by atoms with E-state index in [1.54, 1.807) is 12.3 Å². The third kappa shape index (κ3) is 2.92. The molecule has 0 bridgehead atoms. The lowest BCUT2D eigenvalue weighted by Crippen LogP contribution is -2.12. The number of anilines is 1. The summed E-state index contributed by atoms with van der Waals surface area (Å²) in [4.78, 5) is 20.4. The summed E-state index contributed by atoms with van der Waals surface area (Å²) in [6, 6.07) is 3.57. The monoisotopic (exact) mass is 261 g/mol. The van der Waals surface area contributed by atoms with Crippen LogP contribution in [0.3, 0.4) is 0 Å². The highest BCUT2D eigenvalue weighted by Gasteiger charge is 2.10. The van der Waals surface area contributed by atoms with Crippen molar-refractivity contribution in [1.82, 2.24) is 9.97 Å². The van der Waals surface area contributed by atoms with Crippen LogP contribution in [-0.4, -0.2) is 15.9 Å². The number of pyridine rings is 1. The number of nitrogens with zero attached hydrogens (tertiary/aromatic N) is 2. The molecule has 1 N–H and O–H groups in total. The van der Waals surface area contributed by atoms with Crippen LogP contribution in [0.15, 0.2) is 23.7 Å². The van der Waals surface area contributed by atoms with Gasteiger partial charge in [0.25, 0.3) is 5.91 Å². The number of hydrogen-bond acceptors (Lipinski definition) is 4. The van der Waals surface area contributed by atoms with Crippen molar-refractivity contribution in [2.45, 2.75) is 26.7 Å². The zero-order valence-electron chi connectivity index (χ0n) is 10.6. The number of carbonyl (C=O) groups excluding carboxylic acids is 1. The number of aryl methyl sites for hydroxylation is 1. The lowest BCUT2D eigenvalue weighted by Gasteiger charge is -2.02. The predicted molar refractivity (Wildman–Crippen MR) is 73.1 cm³/mol. The number of hydrogen-bond donors (Lipinski definition) is 1. The molecule has 0 aromatic carbocycles. The number of nitrogens with one attached hydrogen (secondary N) is 1. The fourth-order valence-corrected chi connectivity index (χ4v) is 2.25. The van der Waals surface area contributed by atoms with Gasteiger partial charge in [-0.05, 0) is 25.0 Å². The molecule has 0 radical (unpaired) electrons. The van der Waals surface area contributed by atoms with Gasteiger partial charge in [0, 0.05) is 17.3 Å². The van der Waals surface area contributed by atoms with Crippen molar-refractivity contribution < 1.29 is 4.79 Å². The van der Waals surface area contributed by atoms with Gasteiger partial charge in [0.15, 0.2) is 5.13 Å². The van der Waals surface area contributed by atoms with Crippen LogP contribution in [0.2, 0.25) is 0 Å². The first kappa shape index (κ1) is 12.7. The van der Waals surface area contributed by atoms with Crippen LogP contribution in [0, 0.1) is 6.92 Å². The van der Waals surface area contributed by atoms with Crippen LogP contribution < -0.4 is 5.32 Å². The molecule has 2 rings (SSSR count). The van der Waals surface area contributed by atoms with Crippen molar-refractivity contribution in [3.8, 4) is 0 Å². The van der Waals surface area contributed by atoms with Crippen molar-refractivity contribution in [1.29, 1.82) is 0 Å². The van der Waals surface area contributed by atoms with Crippen molar-refractivity contribution in [2.24, 2.45) is 0 Å². The van der Waals surface area contributed by atoms with Gasteiger partial charge in [-0.15, -0.1) is 11.3 Å². The van der Waals surface area contributed by atoms with E-state index in [0.29, 0.717) is 16.6 Å². The molecule has 0 aliphatic heterocycles. The predicted octanol–water partition coefficient (Wildman–Crippen LogP) is 3.22. The number of amides is 1. The van der Waals surface area contributed by atoms with Crippen LogP contribution >= 0.6 is 11.3 Å². The van der Waals surface area contributed by atoms with E-state index in [-0.39, 0.29) is 5.91 Å². The standard InChI is InChI=1S/C13H15N3OS/c1-8(2)11-7-18-13(15-11)16-12(17)10-5-4-9(3)14-6-10/h4-8H,1-3H3,(H,15,16,17). The summed E-state index contributed by atoms with van der Waals surface area (Å²) in [5.74, 6) is 0.195. The van der Waals surface area contributed by atoms with E-state index in [0.717, 1.165) is 11.4 Å². The first-order chi connectivity index (χ1) is 8.56. The van der Waals surface area contributed by atoms with Gasteiger partial charge in [0.2, 0.25) is 0 Å². The SMILES string of the molecule is Cc1ccc(C(=O)Nc2nc(C(C)C)cs2)cn1. The van der Waals surface area contributed by atoms with Crippen LogP contribution in [0.25, 0.3) is 0 Å². The van der Waals surface area contributed by atoms with Crippen molar-refractivity contribution in [3.05, 3.63) is 40.7 Å². The fraction of sp³-hybridized carbons (Fsp3) is 0.308. The third-order valence-corrected chi connectivity index (χ3v) is 3.28. The van der Waals surface area contributed by atoms with Crippen molar-refractivity contribution in [3.63, 3.8) is 0 Å². The molecule has 0 saturated carbocycles. The molecule has 94 valence electrons. The minimum atomic E-state index is -0.174. The van der Waals surface area contributed by atoms with Gasteiger partial charge < -0.3 is 0 Å². The van der Waals surface area contributed by atoms with E-state index < -0.39 is 0 Å². The van der Waals surface area contributed by atoms with E-state index >= 15 is 0 Å². The third-order valence-electron chi connectivity index (χ3n) is 2.51. The van der Waals surface area contributed by atoms with Gasteiger partial charge in [0.05, 0.1) is 11.3 Å². The topological polar surface area (TPSA) is 54.9 Å². The van der Waals surface area contributed by atoms with Crippen LogP contribution in [0.1, 0.15) is 41.5 Å². The summed E-state index contributed by atoms with van der Waals surface area (Å²) < 4.78 is 0. The Morgan fingerprint density at radius 2 is 2.17 bits per heavy atom. The molecule has 0 saturated heterocycles. The van der Waals surface area contributed by atoms with E-state index in [2.05, 4.69) is 29.1 Å². The number of carbonyl (C=O) groups is 1. The zero-order chi connectivity index (χ0) is 13.1. The van der Waals surface area contributed by atoms with Crippen LogP contribution in [-0.2, 0) is 0 Å². The second-order valence-electron chi connectivity index (χ2n) is 4.37. The number of rotatable bonds is 3. The molecule has 0 spiro atoms. The number of thiazole rings is 1. The summed E-state index contributed by atoms with van der Waals surface area (Å²) in [5.41, 5.74) is 2.43. The highest BCUT2D eigenvalue weighted by molar-refractivity contribution is 7.14. The largest absolute Gasteiger partial charge is 0.298 e. The molecule has 2 aromatic rings. The van der Waals surface area contributed by atoms with Gasteiger partial charge in [-0.3, -0.25) is 15.1 Å². The molecular weight excluding hydrogens is 246 g/mol. The Morgan fingerprint density at radius 3 is 2.72 bits per heavy atom. The molecule has 0 unspecified atom stereocenters. The molecule has 5 heteroatoms. The van der Waals surface area contributed by atoms with E-state index in [1.807, 2.05) is 18.4 Å². The Morgan fingerprint density at radius 1 is 1.39 bits per heavy atom. The summed E-state index contributed by atoms with van der Waals surface area (Å²) in [6.07, 6.45) is 1.57. The molecule has 0 aliphatic carbocycles. The molecule has 4 nitrogen and oxygen atoms in total. The Bertz CT molecular complexity index is 546. The van der Waals surface area contributed by atoms with Crippen LogP contribution in [0.4, 0.5) is 5.13 Å². The van der Waals surface area contributed by atoms with E-state index in [4.69, 9.17) is 0 Å². The summed E-state index contributed by atoms with van der Waals surface area (Å²) in [5, 5.41) is 5.38. The molecule has 18 heavy (non-hydrogen) atoms. The van der Waals surface area contributed by atoms with Gasteiger partial charge in [0.1, 0.15) is 0 Å². The Hall–Kier alpha value is -1.75. The Labute approximate surface area is 110 Å². The van der Waals surface area contributed by atoms with E-state index in [1.165, 1.54) is 11.3 Å². The first-order valence-corrected chi connectivity index (χ1v) is 6.63. The van der Waals surface area contributed by atoms with Gasteiger partial charge >= 0.3 is 0 Å². The van der Waals surface area contributed by atoms with Crippen LogP contribution in [0.5, 0.6) is 0 Å².